The van der Waals surface area contributed by atoms with Crippen LogP contribution in [0, 0.1) is 0 Å². The third-order valence-corrected chi connectivity index (χ3v) is 5.82. The van der Waals surface area contributed by atoms with E-state index in [4.69, 9.17) is 14.2 Å². The first-order valence-electron chi connectivity index (χ1n) is 11.5. The van der Waals surface area contributed by atoms with Crippen molar-refractivity contribution in [3.05, 3.63) is 53.1 Å². The van der Waals surface area contributed by atoms with Crippen molar-refractivity contribution in [1.29, 1.82) is 0 Å². The number of hydrogen-bond donors (Lipinski definition) is 2. The summed E-state index contributed by atoms with van der Waals surface area (Å²) in [7, 11) is 1.79. The molecule has 7 nitrogen and oxygen atoms in total. The van der Waals surface area contributed by atoms with Gasteiger partial charge in [-0.3, -0.25) is 4.99 Å². The van der Waals surface area contributed by atoms with Crippen molar-refractivity contribution >= 4 is 35.6 Å². The molecule has 0 amide bonds. The van der Waals surface area contributed by atoms with Gasteiger partial charge in [0.2, 0.25) is 0 Å². The Hall–Kier alpha value is -2.20. The summed E-state index contributed by atoms with van der Waals surface area (Å²) in [6, 6.07) is 12.9. The summed E-state index contributed by atoms with van der Waals surface area (Å²) < 4.78 is 17.3. The molecular formula is C25H35IN4O3. The Morgan fingerprint density at radius 3 is 2.55 bits per heavy atom. The number of benzene rings is 2. The normalized spacial score (nSPS) is 17.6. The summed E-state index contributed by atoms with van der Waals surface area (Å²) in [5.74, 6) is 2.62. The highest BCUT2D eigenvalue weighted by Crippen LogP contribution is 2.35. The van der Waals surface area contributed by atoms with Crippen LogP contribution in [0.3, 0.4) is 0 Å². The van der Waals surface area contributed by atoms with E-state index in [0.717, 1.165) is 55.7 Å². The minimum absolute atomic E-state index is 0. The van der Waals surface area contributed by atoms with Gasteiger partial charge in [0, 0.05) is 56.5 Å². The molecule has 8 heteroatoms. The number of nitrogens with one attached hydrogen (secondary N) is 2. The van der Waals surface area contributed by atoms with E-state index in [-0.39, 0.29) is 30.1 Å². The highest BCUT2D eigenvalue weighted by molar-refractivity contribution is 14.0. The Morgan fingerprint density at radius 1 is 1.12 bits per heavy atom. The third-order valence-electron chi connectivity index (χ3n) is 5.82. The SMILES string of the molecule is CCOc1cc2c(cc1CNC(=NC)NCc1ccc(N3CCOCC3)cc1)OC(C)C2.I. The van der Waals surface area contributed by atoms with Crippen LogP contribution in [-0.4, -0.2) is 52.0 Å². The quantitative estimate of drug-likeness (QED) is 0.303. The molecule has 0 radical (unpaired) electrons. The van der Waals surface area contributed by atoms with E-state index in [1.54, 1.807) is 7.05 Å². The summed E-state index contributed by atoms with van der Waals surface area (Å²) in [6.45, 7) is 9.54. The zero-order chi connectivity index (χ0) is 22.3. The van der Waals surface area contributed by atoms with Crippen LogP contribution in [0.25, 0.3) is 0 Å². The molecule has 2 aromatic carbocycles. The number of aliphatic imine (C=N–C) groups is 1. The number of nitrogens with zero attached hydrogens (tertiary/aromatic N) is 2. The van der Waals surface area contributed by atoms with Gasteiger partial charge in [0.1, 0.15) is 17.6 Å². The van der Waals surface area contributed by atoms with Crippen molar-refractivity contribution in [2.75, 3.05) is 44.9 Å². The molecule has 2 heterocycles. The van der Waals surface area contributed by atoms with Crippen LogP contribution in [0.5, 0.6) is 11.5 Å². The topological polar surface area (TPSA) is 67.4 Å². The smallest absolute Gasteiger partial charge is 0.191 e. The number of guanidine groups is 1. The van der Waals surface area contributed by atoms with Crippen LogP contribution < -0.4 is 25.0 Å². The van der Waals surface area contributed by atoms with E-state index in [1.807, 2.05) is 6.92 Å². The van der Waals surface area contributed by atoms with Gasteiger partial charge in [-0.2, -0.15) is 0 Å². The second kappa shape index (κ2) is 12.3. The molecule has 33 heavy (non-hydrogen) atoms. The second-order valence-electron chi connectivity index (χ2n) is 8.18. The Labute approximate surface area is 213 Å². The average Bonchev–Trinajstić information content (AvgIpc) is 3.19. The highest BCUT2D eigenvalue weighted by atomic mass is 127. The van der Waals surface area contributed by atoms with Crippen molar-refractivity contribution in [2.45, 2.75) is 39.5 Å². The molecule has 0 aromatic heterocycles. The minimum atomic E-state index is 0. The van der Waals surface area contributed by atoms with E-state index in [1.165, 1.54) is 16.8 Å². The lowest BCUT2D eigenvalue weighted by Crippen LogP contribution is -2.36. The van der Waals surface area contributed by atoms with E-state index in [2.05, 4.69) is 63.8 Å². The molecule has 180 valence electrons. The number of halogens is 1. The number of fused-ring (bicyclic) bond motifs is 1. The molecule has 2 aliphatic rings. The van der Waals surface area contributed by atoms with E-state index >= 15 is 0 Å². The monoisotopic (exact) mass is 566 g/mol. The van der Waals surface area contributed by atoms with Crippen LogP contribution >= 0.6 is 24.0 Å². The standard InChI is InChI=1S/C25H34N4O3.HI/c1-4-31-23-14-20-13-18(2)32-24(20)15-21(23)17-28-25(26-3)27-16-19-5-7-22(8-6-19)29-9-11-30-12-10-29;/h5-8,14-15,18H,4,9-13,16-17H2,1-3H3,(H2,26,27,28);1H. The fourth-order valence-electron chi connectivity index (χ4n) is 4.14. The first-order chi connectivity index (χ1) is 15.7. The molecule has 0 aliphatic carbocycles. The van der Waals surface area contributed by atoms with Gasteiger partial charge in [0.25, 0.3) is 0 Å². The zero-order valence-corrected chi connectivity index (χ0v) is 22.1. The molecule has 1 atom stereocenters. The number of morpholine rings is 1. The minimum Gasteiger partial charge on any atom is -0.494 e. The van der Waals surface area contributed by atoms with Crippen molar-refractivity contribution in [3.8, 4) is 11.5 Å². The lowest BCUT2D eigenvalue weighted by molar-refractivity contribution is 0.122. The number of anilines is 1. The lowest BCUT2D eigenvalue weighted by Gasteiger charge is -2.28. The summed E-state index contributed by atoms with van der Waals surface area (Å²) in [4.78, 5) is 6.73. The molecular weight excluding hydrogens is 531 g/mol. The number of ether oxygens (including phenoxy) is 3. The first kappa shape index (κ1) is 25.4. The van der Waals surface area contributed by atoms with Crippen LogP contribution in [0.15, 0.2) is 41.4 Å². The predicted octanol–water partition coefficient (Wildman–Crippen LogP) is 3.73. The molecule has 1 saturated heterocycles. The summed E-state index contributed by atoms with van der Waals surface area (Å²) in [5.41, 5.74) is 4.74. The van der Waals surface area contributed by atoms with Crippen LogP contribution in [-0.2, 0) is 24.2 Å². The zero-order valence-electron chi connectivity index (χ0n) is 19.7. The van der Waals surface area contributed by atoms with Crippen molar-refractivity contribution in [3.63, 3.8) is 0 Å². The van der Waals surface area contributed by atoms with Gasteiger partial charge in [0.05, 0.1) is 19.8 Å². The Bertz CT molecular complexity index is 930. The van der Waals surface area contributed by atoms with Gasteiger partial charge in [0.15, 0.2) is 5.96 Å². The largest absolute Gasteiger partial charge is 0.494 e. The number of rotatable bonds is 7. The maximum atomic E-state index is 5.93. The molecule has 0 saturated carbocycles. The van der Waals surface area contributed by atoms with Gasteiger partial charge in [-0.1, -0.05) is 12.1 Å². The van der Waals surface area contributed by atoms with Crippen LogP contribution in [0.1, 0.15) is 30.5 Å². The molecule has 2 aliphatic heterocycles. The first-order valence-corrected chi connectivity index (χ1v) is 11.5. The van der Waals surface area contributed by atoms with Gasteiger partial charge < -0.3 is 29.7 Å². The highest BCUT2D eigenvalue weighted by Gasteiger charge is 2.22. The molecule has 1 fully saturated rings. The molecule has 0 spiro atoms. The fourth-order valence-corrected chi connectivity index (χ4v) is 4.14. The Balaban J connectivity index is 0.00000306. The fraction of sp³-hybridized carbons (Fsp3) is 0.480. The van der Waals surface area contributed by atoms with Gasteiger partial charge in [-0.15, -0.1) is 24.0 Å². The van der Waals surface area contributed by atoms with Gasteiger partial charge in [-0.25, -0.2) is 0 Å². The average molecular weight is 566 g/mol. The molecule has 1 unspecified atom stereocenters. The van der Waals surface area contributed by atoms with E-state index in [9.17, 15) is 0 Å². The summed E-state index contributed by atoms with van der Waals surface area (Å²) in [6.07, 6.45) is 1.14. The van der Waals surface area contributed by atoms with Crippen molar-refractivity contribution in [2.24, 2.45) is 4.99 Å². The third kappa shape index (κ3) is 6.66. The lowest BCUT2D eigenvalue weighted by atomic mass is 10.1. The molecule has 2 N–H and O–H groups in total. The Kier molecular flexibility index (Phi) is 9.49. The van der Waals surface area contributed by atoms with Gasteiger partial charge >= 0.3 is 0 Å². The molecule has 0 bridgehead atoms. The number of hydrogen-bond acceptors (Lipinski definition) is 5. The van der Waals surface area contributed by atoms with Gasteiger partial charge in [-0.05, 0) is 43.7 Å². The maximum absolute atomic E-state index is 5.93. The van der Waals surface area contributed by atoms with Crippen molar-refractivity contribution in [1.82, 2.24) is 10.6 Å². The second-order valence-corrected chi connectivity index (χ2v) is 8.18. The van der Waals surface area contributed by atoms with Crippen LogP contribution in [0.2, 0.25) is 0 Å². The van der Waals surface area contributed by atoms with Crippen molar-refractivity contribution < 1.29 is 14.2 Å². The predicted molar refractivity (Wildman–Crippen MR) is 143 cm³/mol. The molecule has 2 aromatic rings. The van der Waals surface area contributed by atoms with Crippen LogP contribution in [0.4, 0.5) is 5.69 Å². The van der Waals surface area contributed by atoms with E-state index in [0.29, 0.717) is 19.7 Å². The summed E-state index contributed by atoms with van der Waals surface area (Å²) >= 11 is 0. The summed E-state index contributed by atoms with van der Waals surface area (Å²) in [5, 5.41) is 6.80. The van der Waals surface area contributed by atoms with E-state index < -0.39 is 0 Å². The maximum Gasteiger partial charge on any atom is 0.191 e. The molecule has 4 rings (SSSR count). The Morgan fingerprint density at radius 2 is 1.85 bits per heavy atom.